The van der Waals surface area contributed by atoms with Crippen molar-refractivity contribution >= 4 is 5.82 Å². The summed E-state index contributed by atoms with van der Waals surface area (Å²) in [5.41, 5.74) is 0. The molecule has 0 bridgehead atoms. The number of hydrogen-bond donors (Lipinski definition) is 1. The summed E-state index contributed by atoms with van der Waals surface area (Å²) in [7, 11) is 0. The third kappa shape index (κ3) is 3.70. The van der Waals surface area contributed by atoms with Gasteiger partial charge in [0.25, 0.3) is 0 Å². The molecule has 1 aliphatic heterocycles. The van der Waals surface area contributed by atoms with Crippen molar-refractivity contribution in [3.8, 4) is 0 Å². The van der Waals surface area contributed by atoms with Crippen molar-refractivity contribution in [2.45, 2.75) is 26.2 Å². The van der Waals surface area contributed by atoms with E-state index in [1.54, 1.807) is 0 Å². The first-order chi connectivity index (χ1) is 8.40. The lowest BCUT2D eigenvalue weighted by Gasteiger charge is -2.32. The minimum Gasteiger partial charge on any atom is -0.357 e. The summed E-state index contributed by atoms with van der Waals surface area (Å²) < 4.78 is 0. The summed E-state index contributed by atoms with van der Waals surface area (Å²) >= 11 is 0. The highest BCUT2D eigenvalue weighted by Gasteiger charge is 2.19. The Morgan fingerprint density at radius 1 is 1.35 bits per heavy atom. The van der Waals surface area contributed by atoms with Gasteiger partial charge in [-0.25, -0.2) is 4.98 Å². The van der Waals surface area contributed by atoms with Crippen molar-refractivity contribution in [1.29, 1.82) is 0 Å². The van der Waals surface area contributed by atoms with Crippen LogP contribution in [0.1, 0.15) is 26.2 Å². The lowest BCUT2D eigenvalue weighted by Crippen LogP contribution is -2.35. The normalized spacial score (nSPS) is 17.4. The molecule has 1 aromatic heterocycles. The molecule has 0 unspecified atom stereocenters. The van der Waals surface area contributed by atoms with Crippen LogP contribution in [0.25, 0.3) is 0 Å². The van der Waals surface area contributed by atoms with Gasteiger partial charge >= 0.3 is 0 Å². The summed E-state index contributed by atoms with van der Waals surface area (Å²) in [6.45, 7) is 6.75. The predicted molar refractivity (Wildman–Crippen MR) is 72.3 cm³/mol. The van der Waals surface area contributed by atoms with E-state index in [1.807, 2.05) is 12.3 Å². The van der Waals surface area contributed by atoms with E-state index in [4.69, 9.17) is 0 Å². The van der Waals surface area contributed by atoms with Crippen molar-refractivity contribution in [2.24, 2.45) is 5.92 Å². The van der Waals surface area contributed by atoms with E-state index in [1.165, 1.54) is 25.8 Å². The summed E-state index contributed by atoms with van der Waals surface area (Å²) in [5, 5.41) is 3.41. The van der Waals surface area contributed by atoms with Gasteiger partial charge in [-0.3, -0.25) is 0 Å². The van der Waals surface area contributed by atoms with Crippen LogP contribution in [0.4, 0.5) is 5.82 Å². The van der Waals surface area contributed by atoms with Crippen LogP contribution in [-0.4, -0.2) is 31.2 Å². The Morgan fingerprint density at radius 2 is 2.18 bits per heavy atom. The molecule has 1 N–H and O–H groups in total. The van der Waals surface area contributed by atoms with Crippen LogP contribution < -0.4 is 10.2 Å². The van der Waals surface area contributed by atoms with Gasteiger partial charge in [0.1, 0.15) is 5.82 Å². The van der Waals surface area contributed by atoms with Crippen LogP contribution >= 0.6 is 0 Å². The molecule has 0 atom stereocenters. The van der Waals surface area contributed by atoms with E-state index in [-0.39, 0.29) is 0 Å². The highest BCUT2D eigenvalue weighted by molar-refractivity contribution is 5.37. The van der Waals surface area contributed by atoms with E-state index in [9.17, 15) is 0 Å². The summed E-state index contributed by atoms with van der Waals surface area (Å²) in [5.74, 6) is 2.03. The van der Waals surface area contributed by atoms with E-state index in [2.05, 4.69) is 34.3 Å². The number of hydrogen-bond acceptors (Lipinski definition) is 3. The average Bonchev–Trinajstić information content (AvgIpc) is 2.41. The highest BCUT2D eigenvalue weighted by atomic mass is 15.2. The van der Waals surface area contributed by atoms with Gasteiger partial charge in [0, 0.05) is 19.3 Å². The maximum atomic E-state index is 4.42. The van der Waals surface area contributed by atoms with Crippen LogP contribution in [0.5, 0.6) is 0 Å². The molecule has 1 aromatic rings. The Hall–Kier alpha value is -1.09. The molecule has 2 rings (SSSR count). The predicted octanol–water partition coefficient (Wildman–Crippen LogP) is 2.30. The van der Waals surface area contributed by atoms with Crippen LogP contribution in [0.3, 0.4) is 0 Å². The lowest BCUT2D eigenvalue weighted by atomic mass is 9.93. The Bertz CT molecular complexity index is 305. The molecule has 0 amide bonds. The fraction of sp³-hybridized carbons (Fsp3) is 0.643. The number of piperidine rings is 1. The van der Waals surface area contributed by atoms with E-state index >= 15 is 0 Å². The lowest BCUT2D eigenvalue weighted by molar-refractivity contribution is 0.374. The molecule has 1 fully saturated rings. The van der Waals surface area contributed by atoms with Crippen LogP contribution in [0.2, 0.25) is 0 Å². The number of rotatable bonds is 5. The molecule has 2 heterocycles. The van der Waals surface area contributed by atoms with Gasteiger partial charge in [-0.15, -0.1) is 0 Å². The molecule has 0 aromatic carbocycles. The van der Waals surface area contributed by atoms with Crippen molar-refractivity contribution in [3.63, 3.8) is 0 Å². The van der Waals surface area contributed by atoms with E-state index in [0.29, 0.717) is 0 Å². The Kier molecular flexibility index (Phi) is 4.80. The van der Waals surface area contributed by atoms with Crippen molar-refractivity contribution in [3.05, 3.63) is 24.4 Å². The van der Waals surface area contributed by atoms with E-state index < -0.39 is 0 Å². The van der Waals surface area contributed by atoms with Gasteiger partial charge < -0.3 is 10.2 Å². The summed E-state index contributed by atoms with van der Waals surface area (Å²) in [6.07, 6.45) is 5.82. The van der Waals surface area contributed by atoms with Crippen molar-refractivity contribution in [1.82, 2.24) is 10.3 Å². The van der Waals surface area contributed by atoms with Gasteiger partial charge in [0.2, 0.25) is 0 Å². The zero-order chi connectivity index (χ0) is 11.9. The summed E-state index contributed by atoms with van der Waals surface area (Å²) in [6, 6.07) is 6.16. The second-order valence-electron chi connectivity index (χ2n) is 4.76. The molecular formula is C14H23N3. The zero-order valence-electron chi connectivity index (χ0n) is 10.7. The smallest absolute Gasteiger partial charge is 0.128 e. The quantitative estimate of drug-likeness (QED) is 0.791. The van der Waals surface area contributed by atoms with Gasteiger partial charge in [-0.05, 0) is 50.4 Å². The standard InChI is InChI=1S/C14H23N3/c1-2-15-10-6-13-7-11-17(12-8-13)14-5-3-4-9-16-14/h3-5,9,13,15H,2,6-8,10-12H2,1H3. The van der Waals surface area contributed by atoms with Gasteiger partial charge in [-0.2, -0.15) is 0 Å². The number of nitrogens with zero attached hydrogens (tertiary/aromatic N) is 2. The van der Waals surface area contributed by atoms with Gasteiger partial charge in [0.15, 0.2) is 0 Å². The Morgan fingerprint density at radius 3 is 2.82 bits per heavy atom. The maximum absolute atomic E-state index is 4.42. The first-order valence-corrected chi connectivity index (χ1v) is 6.77. The molecule has 17 heavy (non-hydrogen) atoms. The molecule has 1 aliphatic rings. The topological polar surface area (TPSA) is 28.2 Å². The number of aromatic nitrogens is 1. The molecule has 0 spiro atoms. The van der Waals surface area contributed by atoms with Crippen LogP contribution in [0, 0.1) is 5.92 Å². The Labute approximate surface area is 104 Å². The first-order valence-electron chi connectivity index (χ1n) is 6.77. The molecule has 0 saturated carbocycles. The second-order valence-corrected chi connectivity index (χ2v) is 4.76. The minimum atomic E-state index is 0.897. The second kappa shape index (κ2) is 6.60. The minimum absolute atomic E-state index is 0.897. The highest BCUT2D eigenvalue weighted by Crippen LogP contribution is 2.23. The van der Waals surface area contributed by atoms with Gasteiger partial charge in [0.05, 0.1) is 0 Å². The fourth-order valence-corrected chi connectivity index (χ4v) is 2.47. The SMILES string of the molecule is CCNCCC1CCN(c2ccccn2)CC1. The third-order valence-corrected chi connectivity index (χ3v) is 3.57. The molecule has 0 aliphatic carbocycles. The average molecular weight is 233 g/mol. The van der Waals surface area contributed by atoms with Gasteiger partial charge in [-0.1, -0.05) is 13.0 Å². The fourth-order valence-electron chi connectivity index (χ4n) is 2.47. The number of pyridine rings is 1. The Balaban J connectivity index is 1.74. The van der Waals surface area contributed by atoms with E-state index in [0.717, 1.165) is 31.4 Å². The monoisotopic (exact) mass is 233 g/mol. The summed E-state index contributed by atoms with van der Waals surface area (Å²) in [4.78, 5) is 6.82. The number of anilines is 1. The van der Waals surface area contributed by atoms with Crippen molar-refractivity contribution in [2.75, 3.05) is 31.1 Å². The first kappa shape index (κ1) is 12.4. The molecule has 3 heteroatoms. The largest absolute Gasteiger partial charge is 0.357 e. The van der Waals surface area contributed by atoms with Crippen molar-refractivity contribution < 1.29 is 0 Å². The van der Waals surface area contributed by atoms with Crippen LogP contribution in [0.15, 0.2) is 24.4 Å². The van der Waals surface area contributed by atoms with Crippen LogP contribution in [-0.2, 0) is 0 Å². The molecule has 0 radical (unpaired) electrons. The zero-order valence-corrected chi connectivity index (χ0v) is 10.7. The third-order valence-electron chi connectivity index (χ3n) is 3.57. The molecule has 1 saturated heterocycles. The molecule has 3 nitrogen and oxygen atoms in total. The maximum Gasteiger partial charge on any atom is 0.128 e. The number of nitrogens with one attached hydrogen (secondary N) is 1. The molecular weight excluding hydrogens is 210 g/mol. The molecule has 94 valence electrons.